The number of aliphatic hydroxyl groups is 1. The highest BCUT2D eigenvalue weighted by Crippen LogP contribution is 2.35. The largest absolute Gasteiger partial charge is 0.464 e. The van der Waals surface area contributed by atoms with Gasteiger partial charge in [0.15, 0.2) is 11.5 Å². The molecule has 0 bridgehead atoms. The van der Waals surface area contributed by atoms with Crippen LogP contribution in [0.25, 0.3) is 0 Å². The number of aliphatic hydroxyl groups excluding tert-OH is 1. The summed E-state index contributed by atoms with van der Waals surface area (Å²) in [6, 6.07) is 9.06. The number of amides is 1. The van der Waals surface area contributed by atoms with Crippen LogP contribution in [0.2, 0.25) is 0 Å². The molecule has 0 radical (unpaired) electrons. The first kappa shape index (κ1) is 20.5. The van der Waals surface area contributed by atoms with Crippen molar-refractivity contribution in [1.82, 2.24) is 5.32 Å². The molecule has 2 fully saturated rings. The Balaban J connectivity index is 1.51. The number of hydrogen-bond acceptors (Lipinski definition) is 8. The van der Waals surface area contributed by atoms with E-state index in [0.29, 0.717) is 17.1 Å². The van der Waals surface area contributed by atoms with Crippen molar-refractivity contribution in [2.24, 2.45) is 0 Å². The normalized spacial score (nSPS) is 30.9. The molecular formula is C21H23NO8. The van der Waals surface area contributed by atoms with Crippen LogP contribution < -0.4 is 10.1 Å². The van der Waals surface area contributed by atoms with E-state index < -0.39 is 36.9 Å². The first-order valence-corrected chi connectivity index (χ1v) is 9.61. The zero-order chi connectivity index (χ0) is 21.3. The van der Waals surface area contributed by atoms with Gasteiger partial charge in [-0.25, -0.2) is 0 Å². The van der Waals surface area contributed by atoms with Crippen molar-refractivity contribution < 1.29 is 38.1 Å². The van der Waals surface area contributed by atoms with Crippen LogP contribution in [0.1, 0.15) is 36.3 Å². The highest BCUT2D eigenvalue weighted by Gasteiger charge is 2.51. The second-order valence-corrected chi connectivity index (χ2v) is 7.24. The molecule has 0 spiro atoms. The van der Waals surface area contributed by atoms with Crippen LogP contribution >= 0.6 is 0 Å². The molecule has 1 amide bonds. The fourth-order valence-corrected chi connectivity index (χ4v) is 3.55. The van der Waals surface area contributed by atoms with Gasteiger partial charge in [-0.1, -0.05) is 0 Å². The zero-order valence-electron chi connectivity index (χ0n) is 16.5. The monoisotopic (exact) mass is 417 g/mol. The third-order valence-electron chi connectivity index (χ3n) is 5.02. The summed E-state index contributed by atoms with van der Waals surface area (Å²) in [4.78, 5) is 23.2. The molecule has 0 aliphatic carbocycles. The first-order chi connectivity index (χ1) is 14.4. The molecule has 0 saturated carbocycles. The number of nitrogens with one attached hydrogen (secondary N) is 1. The van der Waals surface area contributed by atoms with Crippen LogP contribution in [-0.2, 0) is 19.0 Å². The zero-order valence-corrected chi connectivity index (χ0v) is 16.5. The van der Waals surface area contributed by atoms with Crippen molar-refractivity contribution in [3.63, 3.8) is 0 Å². The van der Waals surface area contributed by atoms with E-state index in [2.05, 4.69) is 5.32 Å². The number of carbonyl (C=O) groups excluding carboxylic acids is 2. The van der Waals surface area contributed by atoms with Crippen LogP contribution in [0.5, 0.6) is 5.75 Å². The second kappa shape index (κ2) is 8.57. The molecule has 9 nitrogen and oxygen atoms in total. The molecule has 2 aliphatic heterocycles. The Kier molecular flexibility index (Phi) is 5.87. The van der Waals surface area contributed by atoms with Gasteiger partial charge in [-0.3, -0.25) is 9.59 Å². The standard InChI is InChI=1S/C21H23NO8/c1-11(23)13-5-7-14(8-6-13)28-21-17(22-12(2)24)18(25)19-16(29-21)10-27-20(30-19)15-4-3-9-26-15/h3-9,16-21,25H,10H2,1-2H3,(H,22,24)/t16-,17+,18-,19-,20-,21-/m0/s1. The van der Waals surface area contributed by atoms with Crippen LogP contribution in [0, 0.1) is 0 Å². The van der Waals surface area contributed by atoms with Crippen LogP contribution in [0.15, 0.2) is 47.1 Å². The van der Waals surface area contributed by atoms with E-state index in [1.807, 2.05) is 0 Å². The molecule has 30 heavy (non-hydrogen) atoms. The lowest BCUT2D eigenvalue weighted by Gasteiger charge is -2.47. The maximum Gasteiger partial charge on any atom is 0.223 e. The van der Waals surface area contributed by atoms with E-state index in [9.17, 15) is 14.7 Å². The molecule has 0 unspecified atom stereocenters. The molecule has 2 N–H and O–H groups in total. The van der Waals surface area contributed by atoms with Gasteiger partial charge in [-0.15, -0.1) is 0 Å². The number of ether oxygens (including phenoxy) is 4. The predicted octanol–water partition coefficient (Wildman–Crippen LogP) is 1.57. The lowest BCUT2D eigenvalue weighted by atomic mass is 9.96. The summed E-state index contributed by atoms with van der Waals surface area (Å²) in [6.45, 7) is 2.96. The summed E-state index contributed by atoms with van der Waals surface area (Å²) in [5, 5.41) is 13.6. The number of Topliss-reactive ketones (excluding diaryl/α,β-unsaturated/α-hetero) is 1. The van der Waals surface area contributed by atoms with Crippen molar-refractivity contribution in [1.29, 1.82) is 0 Å². The van der Waals surface area contributed by atoms with E-state index in [0.717, 1.165) is 0 Å². The molecule has 2 aliphatic rings. The average Bonchev–Trinajstić information content (AvgIpc) is 3.26. The Labute approximate surface area is 172 Å². The van der Waals surface area contributed by atoms with Gasteiger partial charge in [0.1, 0.15) is 30.1 Å². The first-order valence-electron chi connectivity index (χ1n) is 9.61. The number of ketones is 1. The third-order valence-corrected chi connectivity index (χ3v) is 5.02. The Hall–Kier alpha value is -2.72. The molecule has 2 saturated heterocycles. The fraction of sp³-hybridized carbons (Fsp3) is 0.429. The van der Waals surface area contributed by atoms with Gasteiger partial charge in [0.2, 0.25) is 18.5 Å². The number of carbonyl (C=O) groups is 2. The summed E-state index contributed by atoms with van der Waals surface area (Å²) in [7, 11) is 0. The number of benzene rings is 1. The van der Waals surface area contributed by atoms with E-state index in [1.165, 1.54) is 20.1 Å². The van der Waals surface area contributed by atoms with Gasteiger partial charge < -0.3 is 33.8 Å². The van der Waals surface area contributed by atoms with Gasteiger partial charge in [0.05, 0.1) is 12.9 Å². The maximum absolute atomic E-state index is 11.7. The molecule has 1 aromatic carbocycles. The van der Waals surface area contributed by atoms with Crippen LogP contribution in [-0.4, -0.2) is 54.0 Å². The average molecular weight is 417 g/mol. The predicted molar refractivity (Wildman–Crippen MR) is 102 cm³/mol. The van der Waals surface area contributed by atoms with E-state index >= 15 is 0 Å². The molecule has 2 aromatic rings. The Morgan fingerprint density at radius 3 is 2.53 bits per heavy atom. The summed E-state index contributed by atoms with van der Waals surface area (Å²) in [6.07, 6.45) is -2.75. The summed E-state index contributed by atoms with van der Waals surface area (Å²) in [5.74, 6) is 0.488. The minimum Gasteiger partial charge on any atom is -0.464 e. The van der Waals surface area contributed by atoms with Gasteiger partial charge in [-0.05, 0) is 43.3 Å². The summed E-state index contributed by atoms with van der Waals surface area (Å²) in [5.41, 5.74) is 0.545. The lowest BCUT2D eigenvalue weighted by Crippen LogP contribution is -2.67. The SMILES string of the molecule is CC(=O)N[C@H]1[C@@H](Oc2ccc(C(C)=O)cc2)O[C@H]2CO[C@H](c3ccco3)O[C@@H]2[C@H]1O. The Morgan fingerprint density at radius 2 is 1.90 bits per heavy atom. The lowest BCUT2D eigenvalue weighted by molar-refractivity contribution is -0.336. The van der Waals surface area contributed by atoms with E-state index in [4.69, 9.17) is 23.4 Å². The number of furan rings is 1. The fourth-order valence-electron chi connectivity index (χ4n) is 3.55. The number of fused-ring (bicyclic) bond motifs is 1. The molecule has 1 aromatic heterocycles. The van der Waals surface area contributed by atoms with Gasteiger partial charge in [-0.2, -0.15) is 0 Å². The molecular weight excluding hydrogens is 394 g/mol. The maximum atomic E-state index is 11.7. The van der Waals surface area contributed by atoms with Crippen molar-refractivity contribution in [3.05, 3.63) is 54.0 Å². The molecule has 4 rings (SSSR count). The summed E-state index contributed by atoms with van der Waals surface area (Å²) < 4.78 is 28.7. The molecule has 3 heterocycles. The minimum absolute atomic E-state index is 0.0625. The quantitative estimate of drug-likeness (QED) is 0.704. The molecule has 160 valence electrons. The van der Waals surface area contributed by atoms with Gasteiger partial charge in [0, 0.05) is 12.5 Å². The van der Waals surface area contributed by atoms with Crippen LogP contribution in [0.3, 0.4) is 0 Å². The minimum atomic E-state index is -1.12. The number of rotatable bonds is 5. The van der Waals surface area contributed by atoms with E-state index in [1.54, 1.807) is 36.4 Å². The highest BCUT2D eigenvalue weighted by molar-refractivity contribution is 5.94. The summed E-state index contributed by atoms with van der Waals surface area (Å²) >= 11 is 0. The van der Waals surface area contributed by atoms with Gasteiger partial charge in [0.25, 0.3) is 0 Å². The van der Waals surface area contributed by atoms with Crippen molar-refractivity contribution >= 4 is 11.7 Å². The highest BCUT2D eigenvalue weighted by atomic mass is 16.8. The number of hydrogen-bond donors (Lipinski definition) is 2. The van der Waals surface area contributed by atoms with Crippen molar-refractivity contribution in [3.8, 4) is 5.75 Å². The van der Waals surface area contributed by atoms with Crippen LogP contribution in [0.4, 0.5) is 0 Å². The second-order valence-electron chi connectivity index (χ2n) is 7.24. The molecule has 9 heteroatoms. The van der Waals surface area contributed by atoms with Crippen molar-refractivity contribution in [2.45, 2.75) is 50.8 Å². The van der Waals surface area contributed by atoms with E-state index in [-0.39, 0.29) is 18.3 Å². The van der Waals surface area contributed by atoms with Gasteiger partial charge >= 0.3 is 0 Å². The Bertz CT molecular complexity index is 881. The van der Waals surface area contributed by atoms with Crippen molar-refractivity contribution in [2.75, 3.05) is 6.61 Å². The topological polar surface area (TPSA) is 116 Å². The molecule has 6 atom stereocenters. The smallest absolute Gasteiger partial charge is 0.223 e. The third kappa shape index (κ3) is 4.24. The Morgan fingerprint density at radius 1 is 1.13 bits per heavy atom.